The van der Waals surface area contributed by atoms with E-state index in [2.05, 4.69) is 18.7 Å². The summed E-state index contributed by atoms with van der Waals surface area (Å²) >= 11 is 0. The van der Waals surface area contributed by atoms with Crippen LogP contribution in [0.25, 0.3) is 6.08 Å². The summed E-state index contributed by atoms with van der Waals surface area (Å²) in [5.41, 5.74) is 1.96. The molecule has 4 nitrogen and oxygen atoms in total. The van der Waals surface area contributed by atoms with E-state index in [-0.39, 0.29) is 0 Å². The molecule has 1 aromatic rings. The van der Waals surface area contributed by atoms with Crippen LogP contribution in [0, 0.1) is 0 Å². The van der Waals surface area contributed by atoms with Gasteiger partial charge in [0.25, 0.3) is 0 Å². The molecule has 21 heavy (non-hydrogen) atoms. The second-order valence-electron chi connectivity index (χ2n) is 4.97. The van der Waals surface area contributed by atoms with Crippen molar-refractivity contribution in [3.05, 3.63) is 35.4 Å². The molecule has 0 atom stereocenters. The number of carbonyl (C=O) groups is 1. The molecule has 0 fully saturated rings. The minimum Gasteiger partial charge on any atom is -0.496 e. The van der Waals surface area contributed by atoms with Crippen molar-refractivity contribution in [3.63, 3.8) is 0 Å². The molecule has 0 saturated heterocycles. The van der Waals surface area contributed by atoms with Gasteiger partial charge in [0.1, 0.15) is 5.75 Å². The molecule has 0 spiro atoms. The van der Waals surface area contributed by atoms with Crippen molar-refractivity contribution in [2.45, 2.75) is 33.2 Å². The number of benzene rings is 1. The summed E-state index contributed by atoms with van der Waals surface area (Å²) in [6.45, 7) is 7.31. The Kier molecular flexibility index (Phi) is 7.54. The van der Waals surface area contributed by atoms with E-state index >= 15 is 0 Å². The molecule has 0 saturated carbocycles. The molecule has 116 valence electrons. The summed E-state index contributed by atoms with van der Waals surface area (Å²) in [4.78, 5) is 13.0. The topological polar surface area (TPSA) is 49.8 Å². The maximum atomic E-state index is 10.7. The van der Waals surface area contributed by atoms with Gasteiger partial charge in [0, 0.05) is 18.2 Å². The predicted molar refractivity (Wildman–Crippen MR) is 85.5 cm³/mol. The number of hydrogen-bond donors (Lipinski definition) is 1. The fourth-order valence-corrected chi connectivity index (χ4v) is 2.16. The van der Waals surface area contributed by atoms with Crippen molar-refractivity contribution < 1.29 is 14.6 Å². The van der Waals surface area contributed by atoms with Crippen LogP contribution in [0.3, 0.4) is 0 Å². The third-order valence-corrected chi connectivity index (χ3v) is 3.38. The van der Waals surface area contributed by atoms with Gasteiger partial charge in [0.2, 0.25) is 0 Å². The van der Waals surface area contributed by atoms with Crippen LogP contribution >= 0.6 is 0 Å². The zero-order valence-corrected chi connectivity index (χ0v) is 13.1. The van der Waals surface area contributed by atoms with Crippen LogP contribution in [0.5, 0.6) is 5.75 Å². The molecule has 0 bridgehead atoms. The predicted octanol–water partition coefficient (Wildman–Crippen LogP) is 3.42. The average Bonchev–Trinajstić information content (AvgIpc) is 2.49. The van der Waals surface area contributed by atoms with Crippen molar-refractivity contribution in [1.82, 2.24) is 4.90 Å². The Balaban J connectivity index is 2.88. The monoisotopic (exact) mass is 291 g/mol. The average molecular weight is 291 g/mol. The summed E-state index contributed by atoms with van der Waals surface area (Å²) < 4.78 is 5.27. The highest BCUT2D eigenvalue weighted by molar-refractivity contribution is 5.85. The molecule has 1 N–H and O–H groups in total. The number of methoxy groups -OCH3 is 1. The Morgan fingerprint density at radius 1 is 1.38 bits per heavy atom. The Labute approximate surface area is 127 Å². The normalized spacial score (nSPS) is 11.2. The maximum Gasteiger partial charge on any atom is 0.328 e. The lowest BCUT2D eigenvalue weighted by Crippen LogP contribution is -2.23. The third kappa shape index (κ3) is 6.00. The van der Waals surface area contributed by atoms with Gasteiger partial charge in [-0.2, -0.15) is 0 Å². The number of carboxylic acid groups (broad SMARTS) is 1. The van der Waals surface area contributed by atoms with Crippen molar-refractivity contribution in [1.29, 1.82) is 0 Å². The van der Waals surface area contributed by atoms with Crippen LogP contribution in [-0.2, 0) is 11.3 Å². The van der Waals surface area contributed by atoms with E-state index in [0.29, 0.717) is 5.75 Å². The summed E-state index contributed by atoms with van der Waals surface area (Å²) in [7, 11) is 1.59. The van der Waals surface area contributed by atoms with E-state index in [1.165, 1.54) is 18.4 Å². The van der Waals surface area contributed by atoms with Gasteiger partial charge in [-0.15, -0.1) is 0 Å². The standard InChI is InChI=1S/C17H25NO3/c1-4-6-11-18(5-2)13-14-7-9-16(21-3)15(12-14)8-10-17(19)20/h7-10,12H,4-6,11,13H2,1-3H3,(H,19,20). The number of nitrogens with zero attached hydrogens (tertiary/aromatic N) is 1. The van der Waals surface area contributed by atoms with Crippen molar-refractivity contribution in [3.8, 4) is 5.75 Å². The van der Waals surface area contributed by atoms with Crippen molar-refractivity contribution in [2.24, 2.45) is 0 Å². The molecular weight excluding hydrogens is 266 g/mol. The molecule has 0 heterocycles. The van der Waals surface area contributed by atoms with Gasteiger partial charge >= 0.3 is 5.97 Å². The van der Waals surface area contributed by atoms with Crippen molar-refractivity contribution >= 4 is 12.0 Å². The SMILES string of the molecule is CCCCN(CC)Cc1ccc(OC)c(C=CC(=O)O)c1. The van der Waals surface area contributed by atoms with E-state index < -0.39 is 5.97 Å². The number of carboxylic acids is 1. The summed E-state index contributed by atoms with van der Waals surface area (Å²) in [6.07, 6.45) is 5.09. The molecule has 4 heteroatoms. The first-order valence-corrected chi connectivity index (χ1v) is 7.41. The molecule has 0 aliphatic carbocycles. The van der Waals surface area contributed by atoms with Crippen LogP contribution in [0.2, 0.25) is 0 Å². The zero-order valence-electron chi connectivity index (χ0n) is 13.1. The number of hydrogen-bond acceptors (Lipinski definition) is 3. The van der Waals surface area contributed by atoms with Gasteiger partial charge in [-0.1, -0.05) is 26.3 Å². The van der Waals surface area contributed by atoms with Crippen LogP contribution in [0.15, 0.2) is 24.3 Å². The molecule has 1 aromatic carbocycles. The number of unbranched alkanes of at least 4 members (excludes halogenated alkanes) is 1. The van der Waals surface area contributed by atoms with Crippen LogP contribution < -0.4 is 4.74 Å². The van der Waals surface area contributed by atoms with E-state index in [1.807, 2.05) is 18.2 Å². The first kappa shape index (κ1) is 17.2. The summed E-state index contributed by atoms with van der Waals surface area (Å²) in [5.74, 6) is -0.270. The second-order valence-corrected chi connectivity index (χ2v) is 4.97. The lowest BCUT2D eigenvalue weighted by molar-refractivity contribution is -0.131. The molecule has 0 amide bonds. The highest BCUT2D eigenvalue weighted by atomic mass is 16.5. The zero-order chi connectivity index (χ0) is 15.7. The van der Waals surface area contributed by atoms with E-state index in [4.69, 9.17) is 9.84 Å². The lowest BCUT2D eigenvalue weighted by atomic mass is 10.1. The Morgan fingerprint density at radius 2 is 2.14 bits per heavy atom. The van der Waals surface area contributed by atoms with Gasteiger partial charge in [-0.3, -0.25) is 4.90 Å². The molecule has 0 radical (unpaired) electrons. The quantitative estimate of drug-likeness (QED) is 0.708. The third-order valence-electron chi connectivity index (χ3n) is 3.38. The van der Waals surface area contributed by atoms with E-state index in [1.54, 1.807) is 13.2 Å². The molecule has 0 unspecified atom stereocenters. The van der Waals surface area contributed by atoms with Gasteiger partial charge in [0.15, 0.2) is 0 Å². The Bertz CT molecular complexity index is 483. The number of ether oxygens (including phenoxy) is 1. The van der Waals surface area contributed by atoms with Crippen LogP contribution in [-0.4, -0.2) is 36.2 Å². The molecule has 0 aliphatic rings. The fraction of sp³-hybridized carbons (Fsp3) is 0.471. The van der Waals surface area contributed by atoms with Gasteiger partial charge in [-0.05, 0) is 43.3 Å². The van der Waals surface area contributed by atoms with Crippen molar-refractivity contribution in [2.75, 3.05) is 20.2 Å². The fourth-order valence-electron chi connectivity index (χ4n) is 2.16. The molecule has 0 aromatic heterocycles. The summed E-state index contributed by atoms with van der Waals surface area (Å²) in [6, 6.07) is 5.92. The number of rotatable bonds is 9. The van der Waals surface area contributed by atoms with E-state index in [0.717, 1.165) is 31.3 Å². The minimum absolute atomic E-state index is 0.688. The first-order valence-electron chi connectivity index (χ1n) is 7.41. The molecule has 1 rings (SSSR count). The highest BCUT2D eigenvalue weighted by Crippen LogP contribution is 2.22. The first-order chi connectivity index (χ1) is 10.1. The Hall–Kier alpha value is -1.81. The maximum absolute atomic E-state index is 10.7. The van der Waals surface area contributed by atoms with E-state index in [9.17, 15) is 4.79 Å². The second kappa shape index (κ2) is 9.19. The largest absolute Gasteiger partial charge is 0.496 e. The smallest absolute Gasteiger partial charge is 0.328 e. The summed E-state index contributed by atoms with van der Waals surface area (Å²) in [5, 5.41) is 8.75. The Morgan fingerprint density at radius 3 is 2.71 bits per heavy atom. The van der Waals surface area contributed by atoms with Crippen LogP contribution in [0.4, 0.5) is 0 Å². The highest BCUT2D eigenvalue weighted by Gasteiger charge is 2.06. The molecular formula is C17H25NO3. The van der Waals surface area contributed by atoms with Gasteiger partial charge < -0.3 is 9.84 Å². The molecule has 0 aliphatic heterocycles. The van der Waals surface area contributed by atoms with Gasteiger partial charge in [-0.25, -0.2) is 4.79 Å². The number of aliphatic carboxylic acids is 1. The van der Waals surface area contributed by atoms with Crippen LogP contribution in [0.1, 0.15) is 37.8 Å². The van der Waals surface area contributed by atoms with Gasteiger partial charge in [0.05, 0.1) is 7.11 Å². The minimum atomic E-state index is -0.958. The lowest BCUT2D eigenvalue weighted by Gasteiger charge is -2.20.